The summed E-state index contributed by atoms with van der Waals surface area (Å²) in [6.07, 6.45) is 5.94. The summed E-state index contributed by atoms with van der Waals surface area (Å²) in [5.41, 5.74) is 5.97. The molecule has 0 aliphatic rings. The van der Waals surface area contributed by atoms with Crippen molar-refractivity contribution in [2.75, 3.05) is 12.3 Å². The second-order valence-corrected chi connectivity index (χ2v) is 6.66. The highest BCUT2D eigenvalue weighted by Crippen LogP contribution is 2.21. The molecule has 0 amide bonds. The van der Waals surface area contributed by atoms with E-state index in [1.54, 1.807) is 17.9 Å². The molecule has 6 nitrogen and oxygen atoms in total. The quantitative estimate of drug-likeness (QED) is 0.772. The first-order chi connectivity index (χ1) is 8.58. The molecular formula is C10H14N4O2S2. The van der Waals surface area contributed by atoms with E-state index in [9.17, 15) is 8.42 Å². The first kappa shape index (κ1) is 13.1. The molecular weight excluding hydrogens is 272 g/mol. The van der Waals surface area contributed by atoms with Crippen LogP contribution in [0.1, 0.15) is 6.42 Å². The van der Waals surface area contributed by atoms with Gasteiger partial charge in [-0.1, -0.05) is 0 Å². The van der Waals surface area contributed by atoms with Gasteiger partial charge in [0.25, 0.3) is 0 Å². The molecule has 0 saturated heterocycles. The van der Waals surface area contributed by atoms with Gasteiger partial charge in [-0.3, -0.25) is 0 Å². The predicted octanol–water partition coefficient (Wildman–Crippen LogP) is 0.895. The van der Waals surface area contributed by atoms with Gasteiger partial charge in [-0.15, -0.1) is 11.3 Å². The third kappa shape index (κ3) is 3.31. The normalized spacial score (nSPS) is 11.8. The van der Waals surface area contributed by atoms with Crippen LogP contribution in [-0.4, -0.2) is 24.5 Å². The second-order valence-electron chi connectivity index (χ2n) is 3.75. The number of aromatic nitrogens is 2. The lowest BCUT2D eigenvalue weighted by molar-refractivity contribution is 0.571. The fourth-order valence-corrected chi connectivity index (χ4v) is 3.63. The Kier molecular flexibility index (Phi) is 4.00. The lowest BCUT2D eigenvalue weighted by Crippen LogP contribution is -2.24. The number of sulfonamides is 1. The molecule has 2 aromatic rings. The third-order valence-electron chi connectivity index (χ3n) is 2.30. The summed E-state index contributed by atoms with van der Waals surface area (Å²) in [4.78, 5) is 3.91. The molecule has 0 unspecified atom stereocenters. The van der Waals surface area contributed by atoms with E-state index in [1.165, 1.54) is 6.07 Å². The molecule has 0 aliphatic heterocycles. The fourth-order valence-electron chi connectivity index (χ4n) is 1.43. The van der Waals surface area contributed by atoms with Crippen molar-refractivity contribution in [3.05, 3.63) is 30.2 Å². The zero-order chi connectivity index (χ0) is 13.0. The van der Waals surface area contributed by atoms with Crippen molar-refractivity contribution in [3.63, 3.8) is 0 Å². The first-order valence-electron chi connectivity index (χ1n) is 5.37. The number of thiophene rings is 1. The van der Waals surface area contributed by atoms with Gasteiger partial charge in [0, 0.05) is 36.6 Å². The Hall–Kier alpha value is -1.38. The molecule has 8 heteroatoms. The van der Waals surface area contributed by atoms with Gasteiger partial charge in [0.2, 0.25) is 10.0 Å². The van der Waals surface area contributed by atoms with E-state index in [0.29, 0.717) is 18.7 Å². The highest BCUT2D eigenvalue weighted by atomic mass is 32.2. The van der Waals surface area contributed by atoms with Crippen LogP contribution < -0.4 is 10.5 Å². The number of nitrogen functional groups attached to an aromatic ring is 1. The van der Waals surface area contributed by atoms with Crippen LogP contribution in [0.3, 0.4) is 0 Å². The molecule has 0 spiro atoms. The molecule has 2 aromatic heterocycles. The van der Waals surface area contributed by atoms with Crippen LogP contribution in [0.4, 0.5) is 5.69 Å². The number of hydrogen-bond acceptors (Lipinski definition) is 5. The Morgan fingerprint density at radius 2 is 2.33 bits per heavy atom. The Balaban J connectivity index is 1.82. The zero-order valence-electron chi connectivity index (χ0n) is 9.61. The van der Waals surface area contributed by atoms with E-state index in [4.69, 9.17) is 5.73 Å². The zero-order valence-corrected chi connectivity index (χ0v) is 11.2. The average molecular weight is 286 g/mol. The minimum Gasteiger partial charge on any atom is -0.398 e. The van der Waals surface area contributed by atoms with E-state index in [0.717, 1.165) is 17.9 Å². The number of nitrogens with two attached hydrogens (primary N) is 1. The van der Waals surface area contributed by atoms with Gasteiger partial charge in [0.1, 0.15) is 4.21 Å². The van der Waals surface area contributed by atoms with E-state index >= 15 is 0 Å². The van der Waals surface area contributed by atoms with Crippen LogP contribution in [0.5, 0.6) is 0 Å². The minimum absolute atomic E-state index is 0.252. The monoisotopic (exact) mass is 286 g/mol. The molecule has 0 aliphatic carbocycles. The van der Waals surface area contributed by atoms with Crippen LogP contribution in [0, 0.1) is 0 Å². The van der Waals surface area contributed by atoms with Crippen molar-refractivity contribution in [2.24, 2.45) is 0 Å². The number of anilines is 1. The van der Waals surface area contributed by atoms with Gasteiger partial charge in [-0.2, -0.15) is 0 Å². The number of nitrogens with one attached hydrogen (secondary N) is 1. The summed E-state index contributed by atoms with van der Waals surface area (Å²) in [6.45, 7) is 1.12. The van der Waals surface area contributed by atoms with Gasteiger partial charge in [-0.05, 0) is 12.5 Å². The van der Waals surface area contributed by atoms with Gasteiger partial charge in [-0.25, -0.2) is 18.1 Å². The van der Waals surface area contributed by atoms with Crippen LogP contribution in [0.15, 0.2) is 34.4 Å². The van der Waals surface area contributed by atoms with E-state index in [-0.39, 0.29) is 4.21 Å². The summed E-state index contributed by atoms with van der Waals surface area (Å²) in [7, 11) is -3.42. The summed E-state index contributed by atoms with van der Waals surface area (Å²) >= 11 is 1.12. The number of nitrogens with zero attached hydrogens (tertiary/aromatic N) is 2. The highest BCUT2D eigenvalue weighted by Gasteiger charge is 2.15. The van der Waals surface area contributed by atoms with Crippen molar-refractivity contribution in [2.45, 2.75) is 17.2 Å². The lowest BCUT2D eigenvalue weighted by Gasteiger charge is -2.05. The maximum atomic E-state index is 11.8. The Labute approximate surface area is 110 Å². The summed E-state index contributed by atoms with van der Waals surface area (Å²) in [5.74, 6) is 0. The summed E-state index contributed by atoms with van der Waals surface area (Å²) in [6, 6.07) is 1.46. The largest absolute Gasteiger partial charge is 0.398 e. The van der Waals surface area contributed by atoms with Crippen molar-refractivity contribution >= 4 is 27.0 Å². The standard InChI is InChI=1S/C10H14N4O2S2/c11-9-6-10(17-7-9)18(15,16)13-2-1-4-14-5-3-12-8-14/h3,5-8,13H,1-2,4,11H2. The molecule has 0 radical (unpaired) electrons. The van der Waals surface area contributed by atoms with Gasteiger partial charge >= 0.3 is 0 Å². The smallest absolute Gasteiger partial charge is 0.250 e. The van der Waals surface area contributed by atoms with Crippen molar-refractivity contribution in [1.82, 2.24) is 14.3 Å². The van der Waals surface area contributed by atoms with Crippen molar-refractivity contribution < 1.29 is 8.42 Å². The summed E-state index contributed by atoms with van der Waals surface area (Å²) < 4.78 is 28.4. The number of rotatable bonds is 6. The fraction of sp³-hybridized carbons (Fsp3) is 0.300. The number of hydrogen-bond donors (Lipinski definition) is 2. The van der Waals surface area contributed by atoms with Crippen LogP contribution in [-0.2, 0) is 16.6 Å². The minimum atomic E-state index is -3.42. The predicted molar refractivity (Wildman–Crippen MR) is 70.8 cm³/mol. The van der Waals surface area contributed by atoms with Crippen LogP contribution in [0.2, 0.25) is 0 Å². The molecule has 3 N–H and O–H groups in total. The lowest BCUT2D eigenvalue weighted by atomic mass is 10.4. The molecule has 2 rings (SSSR count). The number of imidazole rings is 1. The summed E-state index contributed by atoms with van der Waals surface area (Å²) in [5, 5.41) is 1.61. The van der Waals surface area contributed by atoms with Crippen LogP contribution in [0.25, 0.3) is 0 Å². The molecule has 0 atom stereocenters. The molecule has 0 saturated carbocycles. The average Bonchev–Trinajstić information content (AvgIpc) is 2.95. The highest BCUT2D eigenvalue weighted by molar-refractivity contribution is 7.91. The molecule has 98 valence electrons. The van der Waals surface area contributed by atoms with Crippen molar-refractivity contribution in [1.29, 1.82) is 0 Å². The number of aryl methyl sites for hydroxylation is 1. The third-order valence-corrected chi connectivity index (χ3v) is 5.22. The Bertz CT molecular complexity index is 589. The van der Waals surface area contributed by atoms with Crippen LogP contribution >= 0.6 is 11.3 Å². The Morgan fingerprint density at radius 3 is 2.94 bits per heavy atom. The second kappa shape index (κ2) is 5.51. The maximum Gasteiger partial charge on any atom is 0.250 e. The topological polar surface area (TPSA) is 90.0 Å². The van der Waals surface area contributed by atoms with E-state index < -0.39 is 10.0 Å². The van der Waals surface area contributed by atoms with E-state index in [1.807, 2.05) is 10.8 Å². The van der Waals surface area contributed by atoms with Gasteiger partial charge in [0.05, 0.1) is 6.33 Å². The van der Waals surface area contributed by atoms with Crippen molar-refractivity contribution in [3.8, 4) is 0 Å². The van der Waals surface area contributed by atoms with Gasteiger partial charge in [0.15, 0.2) is 0 Å². The molecule has 18 heavy (non-hydrogen) atoms. The Morgan fingerprint density at radius 1 is 1.50 bits per heavy atom. The molecule has 0 bridgehead atoms. The SMILES string of the molecule is Nc1csc(S(=O)(=O)NCCCn2ccnc2)c1. The molecule has 0 fully saturated rings. The first-order valence-corrected chi connectivity index (χ1v) is 7.73. The van der Waals surface area contributed by atoms with Gasteiger partial charge < -0.3 is 10.3 Å². The molecule has 2 heterocycles. The molecule has 0 aromatic carbocycles. The maximum absolute atomic E-state index is 11.8. The van der Waals surface area contributed by atoms with E-state index in [2.05, 4.69) is 9.71 Å².